The van der Waals surface area contributed by atoms with Crippen LogP contribution >= 0.6 is 11.6 Å². The van der Waals surface area contributed by atoms with Gasteiger partial charge < -0.3 is 10.1 Å². The van der Waals surface area contributed by atoms with Crippen LogP contribution in [0.3, 0.4) is 0 Å². The lowest BCUT2D eigenvalue weighted by molar-refractivity contribution is -0.141. The molecule has 1 aromatic rings. The van der Waals surface area contributed by atoms with Gasteiger partial charge in [-0.2, -0.15) is 0 Å². The van der Waals surface area contributed by atoms with Gasteiger partial charge in [0.05, 0.1) is 30.8 Å². The van der Waals surface area contributed by atoms with Crippen molar-refractivity contribution in [3.05, 3.63) is 29.3 Å². The first kappa shape index (κ1) is 15.5. The number of halogens is 1. The van der Waals surface area contributed by atoms with Crippen LogP contribution in [0.1, 0.15) is 6.42 Å². The molecule has 0 aliphatic heterocycles. The number of methoxy groups -OCH3 is 1. The average molecular weight is 285 g/mol. The van der Waals surface area contributed by atoms with E-state index in [1.807, 2.05) is 0 Å². The third kappa shape index (κ3) is 5.72. The maximum absolute atomic E-state index is 11.8. The van der Waals surface area contributed by atoms with E-state index in [2.05, 4.69) is 10.1 Å². The minimum absolute atomic E-state index is 0.180. The number of likely N-dealkylation sites (N-methyl/N-ethyl adjacent to an activating group) is 1. The summed E-state index contributed by atoms with van der Waals surface area (Å²) in [6.07, 6.45) is 0.256. The summed E-state index contributed by atoms with van der Waals surface area (Å²) in [6.45, 7) is 0.644. The second-order valence-electron chi connectivity index (χ2n) is 4.09. The number of amides is 1. The number of carbonyl (C=O) groups excluding carboxylic acids is 2. The number of rotatable bonds is 6. The summed E-state index contributed by atoms with van der Waals surface area (Å²) >= 11 is 5.94. The molecular weight excluding hydrogens is 268 g/mol. The van der Waals surface area contributed by atoms with E-state index < -0.39 is 0 Å². The highest BCUT2D eigenvalue weighted by Crippen LogP contribution is 2.20. The maximum Gasteiger partial charge on any atom is 0.306 e. The van der Waals surface area contributed by atoms with Crippen LogP contribution in [0.4, 0.5) is 5.69 Å². The number of para-hydroxylation sites is 1. The van der Waals surface area contributed by atoms with Crippen LogP contribution in [0.5, 0.6) is 0 Å². The molecule has 0 atom stereocenters. The summed E-state index contributed by atoms with van der Waals surface area (Å²) in [7, 11) is 3.10. The zero-order valence-electron chi connectivity index (χ0n) is 11.0. The molecule has 1 amide bonds. The summed E-state index contributed by atoms with van der Waals surface area (Å²) in [6, 6.07) is 7.02. The highest BCUT2D eigenvalue weighted by atomic mass is 35.5. The van der Waals surface area contributed by atoms with Gasteiger partial charge in [-0.05, 0) is 19.2 Å². The van der Waals surface area contributed by atoms with Crippen molar-refractivity contribution in [3.8, 4) is 0 Å². The highest BCUT2D eigenvalue weighted by Gasteiger charge is 2.10. The summed E-state index contributed by atoms with van der Waals surface area (Å²) in [4.78, 5) is 24.5. The van der Waals surface area contributed by atoms with Crippen molar-refractivity contribution < 1.29 is 14.3 Å². The van der Waals surface area contributed by atoms with Crippen LogP contribution in [-0.2, 0) is 14.3 Å². The van der Waals surface area contributed by atoms with Gasteiger partial charge in [0, 0.05) is 6.54 Å². The molecule has 0 saturated heterocycles. The van der Waals surface area contributed by atoms with Crippen molar-refractivity contribution in [3.63, 3.8) is 0 Å². The van der Waals surface area contributed by atoms with Crippen LogP contribution < -0.4 is 5.32 Å². The number of hydrogen-bond donors (Lipinski definition) is 1. The SMILES string of the molecule is COC(=O)CCN(C)CC(=O)Nc1ccccc1Cl. The van der Waals surface area contributed by atoms with Gasteiger partial charge in [0.1, 0.15) is 0 Å². The molecule has 0 aromatic heterocycles. The molecule has 0 aliphatic carbocycles. The van der Waals surface area contributed by atoms with Crippen molar-refractivity contribution in [2.75, 3.05) is 32.6 Å². The number of anilines is 1. The fraction of sp³-hybridized carbons (Fsp3) is 0.385. The van der Waals surface area contributed by atoms with Gasteiger partial charge in [-0.15, -0.1) is 0 Å². The third-order valence-corrected chi connectivity index (χ3v) is 2.82. The Bertz CT molecular complexity index is 451. The van der Waals surface area contributed by atoms with Gasteiger partial charge in [0.25, 0.3) is 0 Å². The second-order valence-corrected chi connectivity index (χ2v) is 4.50. The molecule has 0 bridgehead atoms. The van der Waals surface area contributed by atoms with Crippen molar-refractivity contribution >= 4 is 29.2 Å². The molecule has 1 aromatic carbocycles. The first-order chi connectivity index (χ1) is 9.02. The predicted octanol–water partition coefficient (Wildman–Crippen LogP) is 1.77. The predicted molar refractivity (Wildman–Crippen MR) is 74.2 cm³/mol. The molecule has 0 fully saturated rings. The molecule has 0 heterocycles. The Kier molecular flexibility index (Phi) is 6.32. The monoisotopic (exact) mass is 284 g/mol. The Morgan fingerprint density at radius 1 is 1.37 bits per heavy atom. The van der Waals surface area contributed by atoms with Crippen LogP contribution in [-0.4, -0.2) is 44.0 Å². The molecule has 0 spiro atoms. The van der Waals surface area contributed by atoms with E-state index in [1.165, 1.54) is 7.11 Å². The number of benzene rings is 1. The van der Waals surface area contributed by atoms with Crippen LogP contribution in [0.2, 0.25) is 5.02 Å². The number of esters is 1. The standard InChI is InChI=1S/C13H17ClN2O3/c1-16(8-7-13(18)19-2)9-12(17)15-11-6-4-3-5-10(11)14/h3-6H,7-9H2,1-2H3,(H,15,17). The first-order valence-corrected chi connectivity index (χ1v) is 6.20. The van der Waals surface area contributed by atoms with Gasteiger partial charge in [-0.1, -0.05) is 23.7 Å². The molecule has 0 saturated carbocycles. The smallest absolute Gasteiger partial charge is 0.306 e. The van der Waals surface area contributed by atoms with Crippen molar-refractivity contribution in [1.29, 1.82) is 0 Å². The Balaban J connectivity index is 2.39. The fourth-order valence-electron chi connectivity index (χ4n) is 1.46. The Morgan fingerprint density at radius 3 is 2.68 bits per heavy atom. The molecule has 104 valence electrons. The molecule has 5 nitrogen and oxygen atoms in total. The maximum atomic E-state index is 11.8. The zero-order valence-corrected chi connectivity index (χ0v) is 11.7. The first-order valence-electron chi connectivity index (χ1n) is 5.82. The van der Waals surface area contributed by atoms with E-state index in [9.17, 15) is 9.59 Å². The van der Waals surface area contributed by atoms with Gasteiger partial charge in [-0.3, -0.25) is 14.5 Å². The highest BCUT2D eigenvalue weighted by molar-refractivity contribution is 6.33. The molecule has 0 radical (unpaired) electrons. The van der Waals surface area contributed by atoms with Crippen molar-refractivity contribution in [2.45, 2.75) is 6.42 Å². The molecule has 6 heteroatoms. The Labute approximate surface area is 117 Å². The number of carbonyl (C=O) groups is 2. The number of nitrogens with zero attached hydrogens (tertiary/aromatic N) is 1. The summed E-state index contributed by atoms with van der Waals surface area (Å²) in [5, 5.41) is 3.21. The van der Waals surface area contributed by atoms with Gasteiger partial charge in [0.15, 0.2) is 0 Å². The van der Waals surface area contributed by atoms with E-state index in [4.69, 9.17) is 11.6 Å². The molecule has 1 N–H and O–H groups in total. The van der Waals surface area contributed by atoms with Gasteiger partial charge >= 0.3 is 5.97 Å². The summed E-state index contributed by atoms with van der Waals surface area (Å²) in [5.74, 6) is -0.473. The van der Waals surface area contributed by atoms with Crippen molar-refractivity contribution in [2.24, 2.45) is 0 Å². The summed E-state index contributed by atoms with van der Waals surface area (Å²) < 4.78 is 4.53. The average Bonchev–Trinajstić information content (AvgIpc) is 2.38. The number of ether oxygens (including phenoxy) is 1. The van der Waals surface area contributed by atoms with E-state index in [-0.39, 0.29) is 24.8 Å². The molecule has 1 rings (SSSR count). The minimum Gasteiger partial charge on any atom is -0.469 e. The second kappa shape index (κ2) is 7.76. The van der Waals surface area contributed by atoms with Crippen LogP contribution in [0.25, 0.3) is 0 Å². The Morgan fingerprint density at radius 2 is 2.05 bits per heavy atom. The van der Waals surface area contributed by atoms with Crippen molar-refractivity contribution in [1.82, 2.24) is 4.90 Å². The van der Waals surface area contributed by atoms with Gasteiger partial charge in [0.2, 0.25) is 5.91 Å². The van der Waals surface area contributed by atoms with E-state index in [1.54, 1.807) is 36.2 Å². The summed E-state index contributed by atoms with van der Waals surface area (Å²) in [5.41, 5.74) is 0.579. The molecule has 19 heavy (non-hydrogen) atoms. The molecule has 0 unspecified atom stereocenters. The fourth-order valence-corrected chi connectivity index (χ4v) is 1.64. The number of hydrogen-bond acceptors (Lipinski definition) is 4. The lowest BCUT2D eigenvalue weighted by Crippen LogP contribution is -2.31. The molecule has 0 aliphatic rings. The quantitative estimate of drug-likeness (QED) is 0.809. The van der Waals surface area contributed by atoms with Crippen LogP contribution in [0.15, 0.2) is 24.3 Å². The van der Waals surface area contributed by atoms with E-state index in [0.717, 1.165) is 0 Å². The molecular formula is C13H17ClN2O3. The van der Waals surface area contributed by atoms with E-state index in [0.29, 0.717) is 17.3 Å². The Hall–Kier alpha value is -1.59. The number of nitrogens with one attached hydrogen (secondary N) is 1. The lowest BCUT2D eigenvalue weighted by Gasteiger charge is -2.15. The normalized spacial score (nSPS) is 10.3. The van der Waals surface area contributed by atoms with Gasteiger partial charge in [-0.25, -0.2) is 0 Å². The lowest BCUT2D eigenvalue weighted by atomic mass is 10.3. The van der Waals surface area contributed by atoms with Crippen LogP contribution in [0, 0.1) is 0 Å². The zero-order chi connectivity index (χ0) is 14.3. The largest absolute Gasteiger partial charge is 0.469 e. The topological polar surface area (TPSA) is 58.6 Å². The third-order valence-electron chi connectivity index (χ3n) is 2.49. The minimum atomic E-state index is -0.293. The van der Waals surface area contributed by atoms with E-state index >= 15 is 0 Å².